The monoisotopic (exact) mass is 496 g/mol. The van der Waals surface area contributed by atoms with Crippen LogP contribution in [-0.4, -0.2) is 100 Å². The van der Waals surface area contributed by atoms with Crippen LogP contribution in [0.25, 0.3) is 0 Å². The summed E-state index contributed by atoms with van der Waals surface area (Å²) in [5, 5.41) is 3.46. The van der Waals surface area contributed by atoms with Crippen molar-refractivity contribution in [2.45, 2.75) is 44.8 Å². The van der Waals surface area contributed by atoms with Gasteiger partial charge < -0.3 is 24.4 Å². The molecule has 0 aromatic heterocycles. The van der Waals surface area contributed by atoms with Crippen LogP contribution in [0, 0.1) is 0 Å². The maximum Gasteiger partial charge on any atom is 0.193 e. The van der Waals surface area contributed by atoms with Crippen LogP contribution in [0.5, 0.6) is 0 Å². The van der Waals surface area contributed by atoms with Gasteiger partial charge in [-0.25, -0.2) is 0 Å². The molecule has 0 amide bonds. The van der Waals surface area contributed by atoms with Gasteiger partial charge in [0.15, 0.2) is 5.96 Å². The molecule has 8 heteroatoms. The molecule has 0 saturated carbocycles. The lowest BCUT2D eigenvalue weighted by Crippen LogP contribution is -2.46. The van der Waals surface area contributed by atoms with E-state index in [0.29, 0.717) is 12.1 Å². The first-order chi connectivity index (χ1) is 12.9. The summed E-state index contributed by atoms with van der Waals surface area (Å²) in [6, 6.07) is 0.637. The number of likely N-dealkylation sites (tertiary alicyclic amines) is 1. The van der Waals surface area contributed by atoms with Gasteiger partial charge in [-0.1, -0.05) is 0 Å². The van der Waals surface area contributed by atoms with Gasteiger partial charge in [-0.3, -0.25) is 9.89 Å². The maximum atomic E-state index is 5.73. The van der Waals surface area contributed by atoms with Crippen LogP contribution in [0.2, 0.25) is 0 Å². The predicted molar refractivity (Wildman–Crippen MR) is 118 cm³/mol. The number of aliphatic imine (C=N–C) groups is 1. The van der Waals surface area contributed by atoms with Crippen molar-refractivity contribution in [3.63, 3.8) is 0 Å². The summed E-state index contributed by atoms with van der Waals surface area (Å²) in [4.78, 5) is 9.81. The topological polar surface area (TPSA) is 58.6 Å². The Morgan fingerprint density at radius 3 is 2.78 bits per heavy atom. The van der Waals surface area contributed by atoms with Gasteiger partial charge in [0.1, 0.15) is 0 Å². The molecule has 3 rings (SSSR count). The number of guanidine groups is 1. The summed E-state index contributed by atoms with van der Waals surface area (Å²) >= 11 is 0. The number of ether oxygens (including phenoxy) is 3. The Balaban J connectivity index is 0.00000261. The van der Waals surface area contributed by atoms with Crippen molar-refractivity contribution >= 4 is 29.9 Å². The maximum absolute atomic E-state index is 5.73. The Labute approximate surface area is 181 Å². The second-order valence-electron chi connectivity index (χ2n) is 7.34. The van der Waals surface area contributed by atoms with Crippen molar-refractivity contribution < 1.29 is 14.2 Å². The molecule has 1 N–H and O–H groups in total. The standard InChI is InChI=1S/C19H36N4O3.HI/c1-2-20-19(21-7-4-11-25-16-18-5-3-12-26-18)23-8-6-17(15-23)22-9-13-24-14-10-22;/h17-18H,2-16H2,1H3,(H,20,21);1H. The largest absolute Gasteiger partial charge is 0.379 e. The van der Waals surface area contributed by atoms with Crippen LogP contribution < -0.4 is 5.32 Å². The molecule has 3 saturated heterocycles. The van der Waals surface area contributed by atoms with Crippen LogP contribution >= 0.6 is 24.0 Å². The number of nitrogens with zero attached hydrogens (tertiary/aromatic N) is 3. The van der Waals surface area contributed by atoms with Gasteiger partial charge in [0.25, 0.3) is 0 Å². The zero-order valence-corrected chi connectivity index (χ0v) is 19.1. The van der Waals surface area contributed by atoms with E-state index in [0.717, 1.165) is 91.1 Å². The van der Waals surface area contributed by atoms with E-state index in [-0.39, 0.29) is 24.0 Å². The fourth-order valence-corrected chi connectivity index (χ4v) is 3.94. The average Bonchev–Trinajstić information content (AvgIpc) is 3.36. The van der Waals surface area contributed by atoms with Crippen molar-refractivity contribution in [3.8, 4) is 0 Å². The van der Waals surface area contributed by atoms with Crippen molar-refractivity contribution in [1.82, 2.24) is 15.1 Å². The Bertz CT molecular complexity index is 429. The molecule has 2 unspecified atom stereocenters. The molecule has 0 spiro atoms. The Hall–Kier alpha value is -0.160. The number of halogens is 1. The third kappa shape index (κ3) is 7.64. The van der Waals surface area contributed by atoms with E-state index in [1.807, 2.05) is 0 Å². The quantitative estimate of drug-likeness (QED) is 0.238. The normalized spacial score (nSPS) is 27.0. The molecule has 158 valence electrons. The third-order valence-electron chi connectivity index (χ3n) is 5.40. The Kier molecular flexibility index (Phi) is 11.2. The van der Waals surface area contributed by atoms with E-state index in [1.54, 1.807) is 0 Å². The Morgan fingerprint density at radius 2 is 2.04 bits per heavy atom. The summed E-state index contributed by atoms with van der Waals surface area (Å²) in [5.41, 5.74) is 0. The molecule has 3 aliphatic heterocycles. The Morgan fingerprint density at radius 1 is 1.19 bits per heavy atom. The molecule has 0 aromatic carbocycles. The van der Waals surface area contributed by atoms with E-state index in [4.69, 9.17) is 19.2 Å². The number of rotatable bonds is 8. The van der Waals surface area contributed by atoms with Crippen molar-refractivity contribution in [2.24, 2.45) is 4.99 Å². The highest BCUT2D eigenvalue weighted by atomic mass is 127. The molecule has 0 radical (unpaired) electrons. The smallest absolute Gasteiger partial charge is 0.193 e. The number of nitrogens with one attached hydrogen (secondary N) is 1. The fraction of sp³-hybridized carbons (Fsp3) is 0.947. The van der Waals surface area contributed by atoms with Crippen LogP contribution in [-0.2, 0) is 14.2 Å². The molecule has 0 aliphatic carbocycles. The summed E-state index contributed by atoms with van der Waals surface area (Å²) in [5.74, 6) is 1.06. The van der Waals surface area contributed by atoms with Gasteiger partial charge in [0, 0.05) is 58.5 Å². The molecule has 3 aliphatic rings. The molecule has 0 aromatic rings. The molecule has 2 atom stereocenters. The summed E-state index contributed by atoms with van der Waals surface area (Å²) in [7, 11) is 0. The highest BCUT2D eigenvalue weighted by Crippen LogP contribution is 2.17. The zero-order chi connectivity index (χ0) is 18.0. The highest BCUT2D eigenvalue weighted by molar-refractivity contribution is 14.0. The van der Waals surface area contributed by atoms with Crippen LogP contribution in [0.4, 0.5) is 0 Å². The first-order valence-corrected chi connectivity index (χ1v) is 10.4. The van der Waals surface area contributed by atoms with Crippen LogP contribution in [0.1, 0.15) is 32.6 Å². The van der Waals surface area contributed by atoms with Gasteiger partial charge >= 0.3 is 0 Å². The minimum Gasteiger partial charge on any atom is -0.379 e. The molecular weight excluding hydrogens is 459 g/mol. The second kappa shape index (κ2) is 13.1. The van der Waals surface area contributed by atoms with Gasteiger partial charge in [-0.05, 0) is 32.6 Å². The fourth-order valence-electron chi connectivity index (χ4n) is 3.94. The molecule has 3 heterocycles. The van der Waals surface area contributed by atoms with E-state index in [9.17, 15) is 0 Å². The van der Waals surface area contributed by atoms with E-state index in [1.165, 1.54) is 12.8 Å². The molecular formula is C19H37IN4O3. The van der Waals surface area contributed by atoms with E-state index < -0.39 is 0 Å². The lowest BCUT2D eigenvalue weighted by molar-refractivity contribution is 0.0170. The number of morpholine rings is 1. The molecule has 0 bridgehead atoms. The van der Waals surface area contributed by atoms with Crippen LogP contribution in [0.3, 0.4) is 0 Å². The lowest BCUT2D eigenvalue weighted by Gasteiger charge is -2.32. The van der Waals surface area contributed by atoms with Crippen LogP contribution in [0.15, 0.2) is 4.99 Å². The van der Waals surface area contributed by atoms with Crippen molar-refractivity contribution in [2.75, 3.05) is 72.3 Å². The first kappa shape index (κ1) is 23.1. The van der Waals surface area contributed by atoms with Crippen molar-refractivity contribution in [3.05, 3.63) is 0 Å². The van der Waals surface area contributed by atoms with Gasteiger partial charge in [-0.2, -0.15) is 0 Å². The molecule has 3 fully saturated rings. The second-order valence-corrected chi connectivity index (χ2v) is 7.34. The van der Waals surface area contributed by atoms with E-state index >= 15 is 0 Å². The average molecular weight is 496 g/mol. The zero-order valence-electron chi connectivity index (χ0n) is 16.7. The minimum atomic E-state index is 0. The first-order valence-electron chi connectivity index (χ1n) is 10.4. The van der Waals surface area contributed by atoms with Crippen molar-refractivity contribution in [1.29, 1.82) is 0 Å². The number of hydrogen-bond acceptors (Lipinski definition) is 5. The minimum absolute atomic E-state index is 0. The summed E-state index contributed by atoms with van der Waals surface area (Å²) in [6.07, 6.45) is 4.81. The molecule has 27 heavy (non-hydrogen) atoms. The van der Waals surface area contributed by atoms with Gasteiger partial charge in [0.05, 0.1) is 25.9 Å². The predicted octanol–water partition coefficient (Wildman–Crippen LogP) is 1.56. The number of hydrogen-bond donors (Lipinski definition) is 1. The summed E-state index contributed by atoms with van der Waals surface area (Å²) < 4.78 is 16.8. The van der Waals surface area contributed by atoms with Gasteiger partial charge in [0.2, 0.25) is 0 Å². The highest BCUT2D eigenvalue weighted by Gasteiger charge is 2.30. The SMILES string of the molecule is CCNC(=NCCCOCC1CCCO1)N1CCC(N2CCOCC2)C1.I. The third-order valence-corrected chi connectivity index (χ3v) is 5.40. The summed E-state index contributed by atoms with van der Waals surface area (Å²) in [6.45, 7) is 12.3. The lowest BCUT2D eigenvalue weighted by atomic mass is 10.2. The van der Waals surface area contributed by atoms with E-state index in [2.05, 4.69) is 22.0 Å². The van der Waals surface area contributed by atoms with Gasteiger partial charge in [-0.15, -0.1) is 24.0 Å². The molecule has 7 nitrogen and oxygen atoms in total.